The highest BCUT2D eigenvalue weighted by molar-refractivity contribution is 4.92. The SMILES string of the molecule is CCCCCC=CCC=CCCCCCCCCOCOCC(CN(C)CCOC)OCCOCCOCCC. The number of unbranched alkanes of at least 4 members (excludes halogenated alkanes) is 9. The molecule has 0 saturated carbocycles. The van der Waals surface area contributed by atoms with Gasteiger partial charge in [0.15, 0.2) is 0 Å². The molecule has 1 atom stereocenters. The molecule has 0 amide bonds. The van der Waals surface area contributed by atoms with Crippen molar-refractivity contribution >= 4 is 0 Å². The highest BCUT2D eigenvalue weighted by Crippen LogP contribution is 2.08. The van der Waals surface area contributed by atoms with E-state index in [4.69, 9.17) is 28.4 Å². The van der Waals surface area contributed by atoms with Crippen molar-refractivity contribution in [3.63, 3.8) is 0 Å². The van der Waals surface area contributed by atoms with E-state index in [1.54, 1.807) is 7.11 Å². The van der Waals surface area contributed by atoms with Crippen molar-refractivity contribution in [3.05, 3.63) is 24.3 Å². The predicted molar refractivity (Wildman–Crippen MR) is 167 cm³/mol. The van der Waals surface area contributed by atoms with Crippen molar-refractivity contribution < 1.29 is 28.4 Å². The van der Waals surface area contributed by atoms with Crippen LogP contribution in [0.5, 0.6) is 0 Å². The van der Waals surface area contributed by atoms with Crippen LogP contribution in [-0.4, -0.2) is 97.9 Å². The Kier molecular flexibility index (Phi) is 33.7. The van der Waals surface area contributed by atoms with E-state index in [1.807, 2.05) is 0 Å². The Bertz CT molecular complexity index is 531. The van der Waals surface area contributed by atoms with Gasteiger partial charge in [0.2, 0.25) is 0 Å². The Morgan fingerprint density at radius 1 is 0.600 bits per heavy atom. The second-order valence-corrected chi connectivity index (χ2v) is 10.5. The molecule has 0 aromatic rings. The summed E-state index contributed by atoms with van der Waals surface area (Å²) in [6.45, 7) is 11.3. The highest BCUT2D eigenvalue weighted by atomic mass is 16.7. The number of likely N-dealkylation sites (N-methyl/N-ethyl adjacent to an activating group) is 1. The Balaban J connectivity index is 3.70. The number of methoxy groups -OCH3 is 1. The highest BCUT2D eigenvalue weighted by Gasteiger charge is 2.13. The average molecular weight is 572 g/mol. The standard InChI is InChI=1S/C33H65NO6/c1-5-7-8-9-10-11-12-13-14-15-16-17-18-19-20-21-24-38-32-39-31-33(30-34(3)22-25-35-4)40-29-28-37-27-26-36-23-6-2/h10-11,13-14,33H,5-9,12,15-32H2,1-4H3. The van der Waals surface area contributed by atoms with Crippen LogP contribution in [0.2, 0.25) is 0 Å². The number of allylic oxidation sites excluding steroid dienone is 4. The van der Waals surface area contributed by atoms with Crippen LogP contribution in [0.3, 0.4) is 0 Å². The molecule has 0 bridgehead atoms. The normalized spacial score (nSPS) is 12.9. The third kappa shape index (κ3) is 31.7. The molecule has 0 N–H and O–H groups in total. The molecule has 238 valence electrons. The summed E-state index contributed by atoms with van der Waals surface area (Å²) in [5.41, 5.74) is 0. The zero-order valence-corrected chi connectivity index (χ0v) is 26.8. The molecule has 0 heterocycles. The Morgan fingerprint density at radius 3 is 1.95 bits per heavy atom. The zero-order chi connectivity index (χ0) is 29.2. The first-order valence-corrected chi connectivity index (χ1v) is 16.1. The van der Waals surface area contributed by atoms with E-state index >= 15 is 0 Å². The monoisotopic (exact) mass is 571 g/mol. The molecule has 0 aliphatic heterocycles. The molecule has 1 unspecified atom stereocenters. The predicted octanol–water partition coefficient (Wildman–Crippen LogP) is 7.20. The van der Waals surface area contributed by atoms with E-state index in [1.165, 1.54) is 64.2 Å². The summed E-state index contributed by atoms with van der Waals surface area (Å²) in [4.78, 5) is 2.20. The molecule has 0 fully saturated rings. The van der Waals surface area contributed by atoms with Crippen LogP contribution in [0.15, 0.2) is 24.3 Å². The number of hydrogen-bond acceptors (Lipinski definition) is 7. The largest absolute Gasteiger partial charge is 0.383 e. The Hall–Kier alpha value is -0.800. The summed E-state index contributed by atoms with van der Waals surface area (Å²) in [7, 11) is 3.79. The van der Waals surface area contributed by atoms with Gasteiger partial charge in [-0.2, -0.15) is 0 Å². The van der Waals surface area contributed by atoms with Gasteiger partial charge >= 0.3 is 0 Å². The Labute approximate surface area is 247 Å². The van der Waals surface area contributed by atoms with Gasteiger partial charge in [-0.1, -0.05) is 76.7 Å². The van der Waals surface area contributed by atoms with E-state index in [2.05, 4.69) is 50.1 Å². The molecule has 0 aliphatic carbocycles. The minimum Gasteiger partial charge on any atom is -0.383 e. The van der Waals surface area contributed by atoms with Crippen molar-refractivity contribution in [2.45, 2.75) is 103 Å². The molecule has 7 nitrogen and oxygen atoms in total. The lowest BCUT2D eigenvalue weighted by Crippen LogP contribution is -2.37. The third-order valence-electron chi connectivity index (χ3n) is 6.45. The summed E-state index contributed by atoms with van der Waals surface area (Å²) in [5, 5.41) is 0. The molecular weight excluding hydrogens is 506 g/mol. The molecular formula is C33H65NO6. The van der Waals surface area contributed by atoms with Crippen LogP contribution >= 0.6 is 0 Å². The van der Waals surface area contributed by atoms with Gasteiger partial charge in [0, 0.05) is 33.4 Å². The molecule has 0 spiro atoms. The third-order valence-corrected chi connectivity index (χ3v) is 6.45. The molecule has 0 saturated heterocycles. The van der Waals surface area contributed by atoms with Crippen LogP contribution in [0, 0.1) is 0 Å². The summed E-state index contributed by atoms with van der Waals surface area (Å²) >= 11 is 0. The smallest absolute Gasteiger partial charge is 0.146 e. The summed E-state index contributed by atoms with van der Waals surface area (Å²) < 4.78 is 33.7. The maximum atomic E-state index is 6.03. The number of rotatable bonds is 33. The van der Waals surface area contributed by atoms with Gasteiger partial charge in [0.1, 0.15) is 6.79 Å². The maximum Gasteiger partial charge on any atom is 0.146 e. The van der Waals surface area contributed by atoms with Gasteiger partial charge in [-0.25, -0.2) is 0 Å². The van der Waals surface area contributed by atoms with Crippen LogP contribution in [0.25, 0.3) is 0 Å². The van der Waals surface area contributed by atoms with E-state index in [0.717, 1.165) is 45.6 Å². The first-order valence-electron chi connectivity index (χ1n) is 16.1. The first kappa shape index (κ1) is 39.2. The number of ether oxygens (including phenoxy) is 6. The van der Waals surface area contributed by atoms with Gasteiger partial charge in [0.05, 0.1) is 45.7 Å². The van der Waals surface area contributed by atoms with Gasteiger partial charge in [0.25, 0.3) is 0 Å². The fourth-order valence-corrected chi connectivity index (χ4v) is 4.07. The number of hydrogen-bond donors (Lipinski definition) is 0. The first-order chi connectivity index (χ1) is 19.7. The van der Waals surface area contributed by atoms with E-state index in [-0.39, 0.29) is 6.10 Å². The fraction of sp³-hybridized carbons (Fsp3) is 0.879. The average Bonchev–Trinajstić information content (AvgIpc) is 2.96. The van der Waals surface area contributed by atoms with Crippen molar-refractivity contribution in [1.29, 1.82) is 0 Å². The van der Waals surface area contributed by atoms with Gasteiger partial charge in [-0.3, -0.25) is 0 Å². The van der Waals surface area contributed by atoms with Crippen molar-refractivity contribution in [1.82, 2.24) is 4.90 Å². The molecule has 40 heavy (non-hydrogen) atoms. The van der Waals surface area contributed by atoms with Crippen LogP contribution in [0.1, 0.15) is 97.3 Å². The fourth-order valence-electron chi connectivity index (χ4n) is 4.07. The van der Waals surface area contributed by atoms with E-state index in [0.29, 0.717) is 46.4 Å². The zero-order valence-electron chi connectivity index (χ0n) is 26.8. The molecule has 7 heteroatoms. The molecule has 0 radical (unpaired) electrons. The minimum absolute atomic E-state index is 0.0349. The van der Waals surface area contributed by atoms with Crippen LogP contribution in [-0.2, 0) is 28.4 Å². The van der Waals surface area contributed by atoms with Gasteiger partial charge in [-0.05, 0) is 52.0 Å². The van der Waals surface area contributed by atoms with Crippen molar-refractivity contribution in [2.75, 3.05) is 86.9 Å². The quantitative estimate of drug-likeness (QED) is 0.0469. The van der Waals surface area contributed by atoms with Crippen LogP contribution in [0.4, 0.5) is 0 Å². The second-order valence-electron chi connectivity index (χ2n) is 10.5. The maximum absolute atomic E-state index is 6.03. The molecule has 0 aliphatic rings. The number of nitrogens with zero attached hydrogens (tertiary/aromatic N) is 1. The molecule has 0 aromatic heterocycles. The van der Waals surface area contributed by atoms with Crippen LogP contribution < -0.4 is 0 Å². The lowest BCUT2D eigenvalue weighted by molar-refractivity contribution is -0.103. The van der Waals surface area contributed by atoms with Crippen molar-refractivity contribution in [2.24, 2.45) is 0 Å². The van der Waals surface area contributed by atoms with E-state index < -0.39 is 0 Å². The topological polar surface area (TPSA) is 58.6 Å². The molecule has 0 rings (SSSR count). The molecule has 0 aromatic carbocycles. The summed E-state index contributed by atoms with van der Waals surface area (Å²) in [6.07, 6.45) is 25.3. The van der Waals surface area contributed by atoms with Crippen molar-refractivity contribution in [3.8, 4) is 0 Å². The lowest BCUT2D eigenvalue weighted by Gasteiger charge is -2.24. The minimum atomic E-state index is -0.0349. The second kappa shape index (κ2) is 34.4. The van der Waals surface area contributed by atoms with Gasteiger partial charge in [-0.15, -0.1) is 0 Å². The summed E-state index contributed by atoms with van der Waals surface area (Å²) in [5.74, 6) is 0. The lowest BCUT2D eigenvalue weighted by atomic mass is 10.1. The summed E-state index contributed by atoms with van der Waals surface area (Å²) in [6, 6.07) is 0. The van der Waals surface area contributed by atoms with E-state index in [9.17, 15) is 0 Å². The Morgan fingerprint density at radius 2 is 1.25 bits per heavy atom. The van der Waals surface area contributed by atoms with Gasteiger partial charge < -0.3 is 33.3 Å².